The number of rotatable bonds is 5. The number of fused-ring (bicyclic) bond motifs is 1. The third kappa shape index (κ3) is 2.47. The van der Waals surface area contributed by atoms with E-state index in [1.54, 1.807) is 27.2 Å². The van der Waals surface area contributed by atoms with Gasteiger partial charge in [0.25, 0.3) is 0 Å². The third-order valence-electron chi connectivity index (χ3n) is 4.16. The van der Waals surface area contributed by atoms with Crippen LogP contribution in [0.3, 0.4) is 0 Å². The van der Waals surface area contributed by atoms with Gasteiger partial charge in [-0.25, -0.2) is 4.98 Å². The minimum atomic E-state index is 0.232. The van der Waals surface area contributed by atoms with E-state index in [9.17, 15) is 0 Å². The maximum Gasteiger partial charge on any atom is 0.186 e. The van der Waals surface area contributed by atoms with Crippen molar-refractivity contribution in [2.75, 3.05) is 5.32 Å². The van der Waals surface area contributed by atoms with Gasteiger partial charge >= 0.3 is 0 Å². The molecule has 6 nitrogen and oxygen atoms in total. The molecule has 0 aliphatic heterocycles. The number of nitrogens with one attached hydrogen (secondary N) is 1. The Labute approximate surface area is 146 Å². The Balaban J connectivity index is 1.52. The smallest absolute Gasteiger partial charge is 0.186 e. The molecule has 4 aromatic heterocycles. The molecule has 0 amide bonds. The second-order valence-electron chi connectivity index (χ2n) is 5.85. The van der Waals surface area contributed by atoms with Crippen molar-refractivity contribution in [1.29, 1.82) is 0 Å². The topological polar surface area (TPSA) is 68.0 Å². The van der Waals surface area contributed by atoms with Crippen molar-refractivity contribution >= 4 is 34.1 Å². The monoisotopic (exact) mass is 354 g/mol. The van der Waals surface area contributed by atoms with Gasteiger partial charge in [0.2, 0.25) is 0 Å². The molecule has 120 valence electrons. The molecule has 5 rings (SSSR count). The first-order chi connectivity index (χ1) is 11.9. The summed E-state index contributed by atoms with van der Waals surface area (Å²) in [5.41, 5.74) is 1.79. The van der Waals surface area contributed by atoms with Crippen LogP contribution in [0, 0.1) is 5.92 Å². The Morgan fingerprint density at radius 1 is 1.17 bits per heavy atom. The van der Waals surface area contributed by atoms with Crippen molar-refractivity contribution in [3.05, 3.63) is 45.5 Å². The molecule has 1 N–H and O–H groups in total. The van der Waals surface area contributed by atoms with E-state index in [1.807, 2.05) is 35.2 Å². The maximum atomic E-state index is 4.71. The van der Waals surface area contributed by atoms with Gasteiger partial charge in [0.05, 0.1) is 6.04 Å². The highest BCUT2D eigenvalue weighted by atomic mass is 32.1. The first-order valence-electron chi connectivity index (χ1n) is 7.79. The minimum Gasteiger partial charge on any atom is -0.359 e. The van der Waals surface area contributed by atoms with Crippen LogP contribution < -0.4 is 5.32 Å². The van der Waals surface area contributed by atoms with E-state index in [0.717, 1.165) is 27.9 Å². The number of hydrogen-bond acceptors (Lipinski definition) is 7. The van der Waals surface area contributed by atoms with E-state index in [1.165, 1.54) is 12.8 Å². The van der Waals surface area contributed by atoms with Crippen LogP contribution in [-0.2, 0) is 0 Å². The lowest BCUT2D eigenvalue weighted by molar-refractivity contribution is 0.667. The SMILES string of the molecule is c1csc(C(Nc2ccc3nnc(-c4ccsc4)n3n2)C2CC2)n1. The van der Waals surface area contributed by atoms with E-state index >= 15 is 0 Å². The molecule has 1 aliphatic rings. The first kappa shape index (κ1) is 14.1. The van der Waals surface area contributed by atoms with Crippen molar-refractivity contribution < 1.29 is 0 Å². The zero-order chi connectivity index (χ0) is 15.9. The van der Waals surface area contributed by atoms with Gasteiger partial charge in [0.15, 0.2) is 11.5 Å². The molecule has 0 spiro atoms. The highest BCUT2D eigenvalue weighted by molar-refractivity contribution is 7.09. The molecular weight excluding hydrogens is 340 g/mol. The van der Waals surface area contributed by atoms with Gasteiger partial charge in [-0.3, -0.25) is 0 Å². The fraction of sp³-hybridized carbons (Fsp3) is 0.250. The van der Waals surface area contributed by atoms with Gasteiger partial charge in [0.1, 0.15) is 10.8 Å². The highest BCUT2D eigenvalue weighted by Gasteiger charge is 2.34. The molecular formula is C16H14N6S2. The van der Waals surface area contributed by atoms with Crippen molar-refractivity contribution in [2.24, 2.45) is 5.92 Å². The molecule has 4 aromatic rings. The molecule has 1 fully saturated rings. The van der Waals surface area contributed by atoms with Gasteiger partial charge in [-0.05, 0) is 42.3 Å². The summed E-state index contributed by atoms with van der Waals surface area (Å²) in [5.74, 6) is 2.24. The van der Waals surface area contributed by atoms with E-state index in [0.29, 0.717) is 5.92 Å². The Morgan fingerprint density at radius 3 is 2.88 bits per heavy atom. The summed E-state index contributed by atoms with van der Waals surface area (Å²) in [6, 6.07) is 6.18. The number of thiazole rings is 1. The number of nitrogens with zero attached hydrogens (tertiary/aromatic N) is 5. The summed E-state index contributed by atoms with van der Waals surface area (Å²) in [6.45, 7) is 0. The summed E-state index contributed by atoms with van der Waals surface area (Å²) < 4.78 is 1.80. The van der Waals surface area contributed by atoms with Crippen molar-refractivity contribution in [3.63, 3.8) is 0 Å². The van der Waals surface area contributed by atoms with Gasteiger partial charge in [-0.1, -0.05) is 0 Å². The Bertz CT molecular complexity index is 956. The molecule has 4 heterocycles. The number of aromatic nitrogens is 5. The molecule has 0 bridgehead atoms. The van der Waals surface area contributed by atoms with Gasteiger partial charge in [-0.15, -0.1) is 26.6 Å². The van der Waals surface area contributed by atoms with Crippen LogP contribution in [0.25, 0.3) is 17.0 Å². The van der Waals surface area contributed by atoms with Gasteiger partial charge in [0, 0.05) is 22.5 Å². The van der Waals surface area contributed by atoms with Crippen LogP contribution in [0.15, 0.2) is 40.5 Å². The molecule has 1 unspecified atom stereocenters. The summed E-state index contributed by atoms with van der Waals surface area (Å²) >= 11 is 3.33. The second-order valence-corrected chi connectivity index (χ2v) is 7.56. The van der Waals surface area contributed by atoms with Crippen molar-refractivity contribution in [2.45, 2.75) is 18.9 Å². The lowest BCUT2D eigenvalue weighted by Crippen LogP contribution is -2.14. The standard InChI is InChI=1S/C16H14N6S2/c1-2-10(1)14(16-17-6-8-24-16)18-12-3-4-13-19-20-15(22(13)21-12)11-5-7-23-9-11/h3-10,14H,1-2H2,(H,18,21). The molecule has 1 aliphatic carbocycles. The zero-order valence-corrected chi connectivity index (χ0v) is 14.3. The molecule has 0 saturated heterocycles. The normalized spacial score (nSPS) is 15.7. The number of anilines is 1. The quantitative estimate of drug-likeness (QED) is 0.589. The van der Waals surface area contributed by atoms with E-state index in [4.69, 9.17) is 5.10 Å². The molecule has 0 radical (unpaired) electrons. The van der Waals surface area contributed by atoms with Crippen LogP contribution in [0.1, 0.15) is 23.9 Å². The third-order valence-corrected chi connectivity index (χ3v) is 5.70. The van der Waals surface area contributed by atoms with Crippen LogP contribution in [-0.4, -0.2) is 24.8 Å². The Kier molecular flexibility index (Phi) is 3.30. The van der Waals surface area contributed by atoms with Crippen LogP contribution in [0.5, 0.6) is 0 Å². The van der Waals surface area contributed by atoms with Crippen LogP contribution >= 0.6 is 22.7 Å². The molecule has 0 aromatic carbocycles. The van der Waals surface area contributed by atoms with E-state index in [2.05, 4.69) is 25.9 Å². The lowest BCUT2D eigenvalue weighted by Gasteiger charge is -2.16. The largest absolute Gasteiger partial charge is 0.359 e. The number of hydrogen-bond donors (Lipinski definition) is 1. The van der Waals surface area contributed by atoms with Crippen LogP contribution in [0.2, 0.25) is 0 Å². The fourth-order valence-electron chi connectivity index (χ4n) is 2.80. The predicted octanol–water partition coefficient (Wildman–Crippen LogP) is 3.87. The number of thiophene rings is 1. The zero-order valence-electron chi connectivity index (χ0n) is 12.7. The first-order valence-corrected chi connectivity index (χ1v) is 9.62. The average molecular weight is 354 g/mol. The summed E-state index contributed by atoms with van der Waals surface area (Å²) in [6.07, 6.45) is 4.35. The van der Waals surface area contributed by atoms with Crippen molar-refractivity contribution in [3.8, 4) is 11.4 Å². The van der Waals surface area contributed by atoms with Gasteiger partial charge < -0.3 is 5.32 Å². The second kappa shape index (κ2) is 5.64. The summed E-state index contributed by atoms with van der Waals surface area (Å²) in [7, 11) is 0. The summed E-state index contributed by atoms with van der Waals surface area (Å²) in [4.78, 5) is 4.48. The fourth-order valence-corrected chi connectivity index (χ4v) is 4.21. The molecule has 1 atom stereocenters. The Hall–Kier alpha value is -2.32. The maximum absolute atomic E-state index is 4.71. The minimum absolute atomic E-state index is 0.232. The highest BCUT2D eigenvalue weighted by Crippen LogP contribution is 2.43. The van der Waals surface area contributed by atoms with E-state index < -0.39 is 0 Å². The predicted molar refractivity (Wildman–Crippen MR) is 95.3 cm³/mol. The Morgan fingerprint density at radius 2 is 2.12 bits per heavy atom. The lowest BCUT2D eigenvalue weighted by atomic mass is 10.2. The summed E-state index contributed by atoms with van der Waals surface area (Å²) in [5, 5.41) is 24.0. The van der Waals surface area contributed by atoms with Gasteiger partial charge in [-0.2, -0.15) is 15.9 Å². The van der Waals surface area contributed by atoms with Crippen LogP contribution in [0.4, 0.5) is 5.82 Å². The molecule has 1 saturated carbocycles. The van der Waals surface area contributed by atoms with E-state index in [-0.39, 0.29) is 6.04 Å². The molecule has 24 heavy (non-hydrogen) atoms. The molecule has 8 heteroatoms. The van der Waals surface area contributed by atoms with Crippen molar-refractivity contribution in [1.82, 2.24) is 24.8 Å². The average Bonchev–Trinajstić information content (AvgIpc) is 3.03.